The first-order valence-corrected chi connectivity index (χ1v) is 8.54. The Labute approximate surface area is 157 Å². The highest BCUT2D eigenvalue weighted by atomic mass is 35.5. The van der Waals surface area contributed by atoms with Crippen LogP contribution in [-0.2, 0) is 9.59 Å². The maximum absolute atomic E-state index is 12.2. The van der Waals surface area contributed by atoms with Crippen LogP contribution in [0.5, 0.6) is 0 Å². The van der Waals surface area contributed by atoms with E-state index >= 15 is 0 Å². The molecule has 0 aromatic heterocycles. The summed E-state index contributed by atoms with van der Waals surface area (Å²) in [6.45, 7) is -0.0142. The molecule has 1 aliphatic heterocycles. The molecular weight excluding hydrogens is 384 g/mol. The van der Waals surface area contributed by atoms with E-state index in [1.54, 1.807) is 0 Å². The number of allylic oxidation sites excluding steroid dienone is 2. The second-order valence-corrected chi connectivity index (χ2v) is 6.62. The normalized spacial score (nSPS) is 16.4. The number of carbonyl (C=O) groups is 3. The number of rotatable bonds is 7. The number of halogens is 1. The lowest BCUT2D eigenvalue weighted by Crippen LogP contribution is -2.31. The van der Waals surface area contributed by atoms with E-state index in [0.717, 1.165) is 4.90 Å². The summed E-state index contributed by atoms with van der Waals surface area (Å²) in [4.78, 5) is 45.6. The van der Waals surface area contributed by atoms with Crippen molar-refractivity contribution < 1.29 is 24.4 Å². The molecule has 0 unspecified atom stereocenters. The van der Waals surface area contributed by atoms with E-state index in [4.69, 9.17) is 11.6 Å². The van der Waals surface area contributed by atoms with Crippen LogP contribution in [0.2, 0.25) is 0 Å². The average molecular weight is 396 g/mol. The topological polar surface area (TPSA) is 121 Å². The lowest BCUT2D eigenvalue weighted by atomic mass is 10.2. The maximum atomic E-state index is 12.2. The summed E-state index contributed by atoms with van der Waals surface area (Å²) in [7, 11) is 0. The van der Waals surface area contributed by atoms with Gasteiger partial charge in [0.2, 0.25) is 0 Å². The van der Waals surface area contributed by atoms with E-state index < -0.39 is 22.0 Å². The van der Waals surface area contributed by atoms with Gasteiger partial charge in [-0.05, 0) is 54.5 Å². The van der Waals surface area contributed by atoms with Crippen LogP contribution >= 0.6 is 23.4 Å². The average Bonchev–Trinajstić information content (AvgIpc) is 2.82. The number of carboxylic acid groups (broad SMARTS) is 1. The van der Waals surface area contributed by atoms with E-state index in [9.17, 15) is 29.6 Å². The molecule has 1 heterocycles. The number of amides is 2. The molecular formula is C16H12ClN2O6S-. The lowest BCUT2D eigenvalue weighted by Gasteiger charge is -2.12. The number of aliphatic carboxylic acids is 1. The molecule has 0 aliphatic carbocycles. The molecule has 1 aliphatic rings. The number of nitro benzene ring substituents is 1. The maximum Gasteiger partial charge on any atom is 0.293 e. The number of carbonyl (C=O) groups excluding carboxylic acids is 3. The van der Waals surface area contributed by atoms with Crippen molar-refractivity contribution in [2.45, 2.75) is 12.8 Å². The van der Waals surface area contributed by atoms with Crippen LogP contribution in [0, 0.1) is 10.1 Å². The van der Waals surface area contributed by atoms with Gasteiger partial charge in [0.1, 0.15) is 0 Å². The molecule has 0 N–H and O–H groups in total. The van der Waals surface area contributed by atoms with Crippen molar-refractivity contribution in [3.05, 3.63) is 56.0 Å². The Hall–Kier alpha value is -2.65. The van der Waals surface area contributed by atoms with Gasteiger partial charge in [0.15, 0.2) is 0 Å². The van der Waals surface area contributed by atoms with Crippen molar-refractivity contribution in [2.75, 3.05) is 6.54 Å². The van der Waals surface area contributed by atoms with Gasteiger partial charge < -0.3 is 9.90 Å². The van der Waals surface area contributed by atoms with Crippen molar-refractivity contribution in [1.82, 2.24) is 4.90 Å². The molecule has 10 heteroatoms. The molecule has 0 saturated carbocycles. The third-order valence-corrected chi connectivity index (χ3v) is 4.44. The van der Waals surface area contributed by atoms with Gasteiger partial charge >= 0.3 is 0 Å². The minimum atomic E-state index is -1.25. The number of nitrogens with zero attached hydrogens (tertiary/aromatic N) is 2. The number of nitro groups is 1. The van der Waals surface area contributed by atoms with E-state index in [1.165, 1.54) is 36.4 Å². The fraction of sp³-hybridized carbons (Fsp3) is 0.188. The largest absolute Gasteiger partial charge is 0.550 e. The second kappa shape index (κ2) is 8.63. The summed E-state index contributed by atoms with van der Waals surface area (Å²) in [6, 6.07) is 5.64. The fourth-order valence-corrected chi connectivity index (χ4v) is 3.25. The number of thioether (sulfide) groups is 1. The first-order chi connectivity index (χ1) is 12.3. The molecule has 1 aromatic carbocycles. The van der Waals surface area contributed by atoms with Crippen LogP contribution in [0.4, 0.5) is 10.5 Å². The summed E-state index contributed by atoms with van der Waals surface area (Å²) in [5.74, 6) is -1.80. The first-order valence-electron chi connectivity index (χ1n) is 7.35. The molecule has 26 heavy (non-hydrogen) atoms. The summed E-state index contributed by atoms with van der Waals surface area (Å²) in [5.41, 5.74) is 0.529. The van der Waals surface area contributed by atoms with Crippen molar-refractivity contribution in [3.8, 4) is 0 Å². The predicted octanol–water partition coefficient (Wildman–Crippen LogP) is 2.28. The highest BCUT2D eigenvalue weighted by molar-refractivity contribution is 8.18. The van der Waals surface area contributed by atoms with Crippen LogP contribution in [0.3, 0.4) is 0 Å². The van der Waals surface area contributed by atoms with E-state index in [1.807, 2.05) is 0 Å². The van der Waals surface area contributed by atoms with Crippen LogP contribution in [0.1, 0.15) is 18.4 Å². The molecule has 0 bridgehead atoms. The summed E-state index contributed by atoms with van der Waals surface area (Å²) in [6.07, 6.45) is 2.68. The number of carboxylic acids is 1. The Morgan fingerprint density at radius 3 is 2.50 bits per heavy atom. The van der Waals surface area contributed by atoms with Crippen LogP contribution in [0.15, 0.2) is 40.3 Å². The Morgan fingerprint density at radius 2 is 1.92 bits per heavy atom. The summed E-state index contributed by atoms with van der Waals surface area (Å²) < 4.78 is 0. The lowest BCUT2D eigenvalue weighted by molar-refractivity contribution is -0.384. The van der Waals surface area contributed by atoms with Crippen LogP contribution in [-0.4, -0.2) is 33.5 Å². The van der Waals surface area contributed by atoms with E-state index in [-0.39, 0.29) is 35.0 Å². The molecule has 2 rings (SSSR count). The standard InChI is InChI=1S/C16H13ClN2O6S/c17-11(8-10-3-5-12(6-4-10)19(24)25)9-13-15(22)18(16(23)26-13)7-1-2-14(20)21/h3-6,8-9H,1-2,7H2,(H,20,21)/p-1/b11-8-,13-9?. The predicted molar refractivity (Wildman–Crippen MR) is 94.0 cm³/mol. The zero-order chi connectivity index (χ0) is 19.3. The molecule has 8 nitrogen and oxygen atoms in total. The quantitative estimate of drug-likeness (QED) is 0.394. The second-order valence-electron chi connectivity index (χ2n) is 5.19. The Kier molecular flexibility index (Phi) is 6.53. The molecule has 2 amide bonds. The number of benzene rings is 1. The molecule has 0 atom stereocenters. The third-order valence-electron chi connectivity index (χ3n) is 3.31. The minimum absolute atomic E-state index is 0.0142. The molecule has 0 spiro atoms. The summed E-state index contributed by atoms with van der Waals surface area (Å²) in [5, 5.41) is 20.7. The first kappa shape index (κ1) is 19.7. The van der Waals surface area contributed by atoms with Crippen molar-refractivity contribution in [3.63, 3.8) is 0 Å². The Morgan fingerprint density at radius 1 is 1.27 bits per heavy atom. The number of non-ortho nitro benzene ring substituents is 1. The Balaban J connectivity index is 2.08. The van der Waals surface area contributed by atoms with Crippen molar-refractivity contribution >= 4 is 52.2 Å². The molecule has 1 saturated heterocycles. The van der Waals surface area contributed by atoms with Gasteiger partial charge in [-0.1, -0.05) is 11.6 Å². The molecule has 1 aromatic rings. The summed E-state index contributed by atoms with van der Waals surface area (Å²) >= 11 is 6.78. The van der Waals surface area contributed by atoms with Gasteiger partial charge in [-0.3, -0.25) is 24.6 Å². The van der Waals surface area contributed by atoms with Crippen molar-refractivity contribution in [1.29, 1.82) is 0 Å². The van der Waals surface area contributed by atoms with Gasteiger partial charge in [0.05, 0.1) is 9.83 Å². The van der Waals surface area contributed by atoms with E-state index in [2.05, 4.69) is 0 Å². The van der Waals surface area contributed by atoms with Crippen LogP contribution < -0.4 is 5.11 Å². The molecule has 0 radical (unpaired) electrons. The fourth-order valence-electron chi connectivity index (χ4n) is 2.09. The highest BCUT2D eigenvalue weighted by Crippen LogP contribution is 2.32. The van der Waals surface area contributed by atoms with Crippen molar-refractivity contribution in [2.24, 2.45) is 0 Å². The molecule has 1 fully saturated rings. The zero-order valence-corrected chi connectivity index (χ0v) is 14.8. The van der Waals surface area contributed by atoms with Gasteiger partial charge in [0.25, 0.3) is 16.8 Å². The number of hydrogen-bond donors (Lipinski definition) is 0. The smallest absolute Gasteiger partial charge is 0.293 e. The Bertz CT molecular complexity index is 819. The van der Waals surface area contributed by atoms with E-state index in [0.29, 0.717) is 17.3 Å². The van der Waals surface area contributed by atoms with Crippen LogP contribution in [0.25, 0.3) is 6.08 Å². The number of hydrogen-bond acceptors (Lipinski definition) is 7. The molecule has 136 valence electrons. The zero-order valence-electron chi connectivity index (χ0n) is 13.2. The SMILES string of the molecule is O=C([O-])CCCN1C(=O)SC(=C/C(Cl)=C/c2ccc([N+](=O)[O-])cc2)C1=O. The highest BCUT2D eigenvalue weighted by Gasteiger charge is 2.34. The third kappa shape index (κ3) is 5.17. The number of imide groups is 1. The monoisotopic (exact) mass is 395 g/mol. The van der Waals surface area contributed by atoms with Gasteiger partial charge in [-0.15, -0.1) is 0 Å². The minimum Gasteiger partial charge on any atom is -0.550 e. The van der Waals surface area contributed by atoms with Gasteiger partial charge in [-0.2, -0.15) is 0 Å². The van der Waals surface area contributed by atoms with Gasteiger partial charge in [-0.25, -0.2) is 0 Å². The van der Waals surface area contributed by atoms with Gasteiger partial charge in [0, 0.05) is 29.7 Å².